The molecule has 1 saturated heterocycles. The Morgan fingerprint density at radius 3 is 2.77 bits per heavy atom. The third-order valence-electron chi connectivity index (χ3n) is 3.14. The van der Waals surface area contributed by atoms with Gasteiger partial charge in [-0.05, 0) is 18.3 Å². The molecule has 2 atom stereocenters. The first-order chi connectivity index (χ1) is 6.16. The van der Waals surface area contributed by atoms with Crippen molar-refractivity contribution < 1.29 is 14.7 Å². The quantitative estimate of drug-likeness (QED) is 0.608. The van der Waals surface area contributed by atoms with Crippen LogP contribution in [0.5, 0.6) is 0 Å². The number of amides is 1. The molecule has 1 heterocycles. The molecule has 0 spiro atoms. The first kappa shape index (κ1) is 8.53. The Labute approximate surface area is 76.5 Å². The highest BCUT2D eigenvalue weighted by atomic mass is 16.4. The number of nitrogens with zero attached hydrogens (tertiary/aromatic N) is 1. The summed E-state index contributed by atoms with van der Waals surface area (Å²) >= 11 is 0. The summed E-state index contributed by atoms with van der Waals surface area (Å²) in [5.74, 6) is 1.07. The van der Waals surface area contributed by atoms with E-state index in [1.54, 1.807) is 0 Å². The van der Waals surface area contributed by atoms with Crippen LogP contribution in [0.25, 0.3) is 0 Å². The largest absolute Gasteiger partial charge is 0.465 e. The predicted molar refractivity (Wildman–Crippen MR) is 45.4 cm³/mol. The minimum atomic E-state index is -0.849. The van der Waals surface area contributed by atoms with E-state index in [0.29, 0.717) is 43.6 Å². The summed E-state index contributed by atoms with van der Waals surface area (Å²) in [6.07, 6.45) is 1.28. The van der Waals surface area contributed by atoms with Gasteiger partial charge in [0.2, 0.25) is 0 Å². The molecule has 2 aliphatic rings. The highest BCUT2D eigenvalue weighted by Crippen LogP contribution is 2.35. The van der Waals surface area contributed by atoms with Gasteiger partial charge < -0.3 is 10.0 Å². The summed E-state index contributed by atoms with van der Waals surface area (Å²) in [7, 11) is 0. The fourth-order valence-electron chi connectivity index (χ4n) is 2.42. The van der Waals surface area contributed by atoms with Gasteiger partial charge in [-0.2, -0.15) is 0 Å². The average Bonchev–Trinajstić information content (AvgIpc) is 2.42. The van der Waals surface area contributed by atoms with Crippen molar-refractivity contribution in [1.29, 1.82) is 0 Å². The van der Waals surface area contributed by atoms with E-state index in [1.165, 1.54) is 4.90 Å². The SMILES string of the molecule is O=C1C[C@@H]2CCN(C(=O)O)C[C@@H]2C1. The van der Waals surface area contributed by atoms with E-state index in [1.807, 2.05) is 0 Å². The summed E-state index contributed by atoms with van der Waals surface area (Å²) < 4.78 is 0. The number of hydrogen-bond acceptors (Lipinski definition) is 2. The molecule has 0 aromatic carbocycles. The van der Waals surface area contributed by atoms with Crippen LogP contribution in [0.2, 0.25) is 0 Å². The fraction of sp³-hybridized carbons (Fsp3) is 0.778. The lowest BCUT2D eigenvalue weighted by Gasteiger charge is -2.32. The van der Waals surface area contributed by atoms with Crippen molar-refractivity contribution in [3.63, 3.8) is 0 Å². The van der Waals surface area contributed by atoms with Gasteiger partial charge in [0.15, 0.2) is 0 Å². The molecule has 1 aliphatic heterocycles. The van der Waals surface area contributed by atoms with Crippen LogP contribution in [-0.4, -0.2) is 35.0 Å². The van der Waals surface area contributed by atoms with Crippen molar-refractivity contribution in [3.8, 4) is 0 Å². The number of carbonyl (C=O) groups is 2. The van der Waals surface area contributed by atoms with Gasteiger partial charge in [-0.25, -0.2) is 4.79 Å². The number of Topliss-reactive ketones (excluding diaryl/α,β-unsaturated/α-hetero) is 1. The monoisotopic (exact) mass is 183 g/mol. The number of rotatable bonds is 0. The highest BCUT2D eigenvalue weighted by Gasteiger charge is 2.38. The zero-order chi connectivity index (χ0) is 9.42. The smallest absolute Gasteiger partial charge is 0.407 e. The summed E-state index contributed by atoms with van der Waals surface area (Å²) in [6.45, 7) is 1.16. The molecular formula is C9H13NO3. The summed E-state index contributed by atoms with van der Waals surface area (Å²) in [6, 6.07) is 0. The second-order valence-corrected chi connectivity index (χ2v) is 3.98. The Kier molecular flexibility index (Phi) is 1.98. The Bertz CT molecular complexity index is 251. The van der Waals surface area contributed by atoms with Crippen LogP contribution < -0.4 is 0 Å². The normalized spacial score (nSPS) is 33.2. The van der Waals surface area contributed by atoms with Crippen LogP contribution in [-0.2, 0) is 4.79 Å². The number of hydrogen-bond donors (Lipinski definition) is 1. The van der Waals surface area contributed by atoms with Crippen LogP contribution in [0.4, 0.5) is 4.79 Å². The molecule has 4 heteroatoms. The fourth-order valence-corrected chi connectivity index (χ4v) is 2.42. The van der Waals surface area contributed by atoms with E-state index in [4.69, 9.17) is 5.11 Å². The van der Waals surface area contributed by atoms with Crippen molar-refractivity contribution in [2.75, 3.05) is 13.1 Å². The molecule has 13 heavy (non-hydrogen) atoms. The van der Waals surface area contributed by atoms with Gasteiger partial charge in [0, 0.05) is 25.9 Å². The lowest BCUT2D eigenvalue weighted by Crippen LogP contribution is -2.41. The van der Waals surface area contributed by atoms with E-state index >= 15 is 0 Å². The topological polar surface area (TPSA) is 57.6 Å². The Morgan fingerprint density at radius 1 is 1.38 bits per heavy atom. The van der Waals surface area contributed by atoms with Crippen LogP contribution in [0.3, 0.4) is 0 Å². The third-order valence-corrected chi connectivity index (χ3v) is 3.14. The second-order valence-electron chi connectivity index (χ2n) is 3.98. The summed E-state index contributed by atoms with van der Waals surface area (Å²) in [5.41, 5.74) is 0. The molecule has 1 N–H and O–H groups in total. The van der Waals surface area contributed by atoms with Gasteiger partial charge in [0.25, 0.3) is 0 Å². The molecule has 72 valence electrons. The molecule has 1 saturated carbocycles. The van der Waals surface area contributed by atoms with Crippen LogP contribution in [0, 0.1) is 11.8 Å². The zero-order valence-electron chi connectivity index (χ0n) is 7.40. The van der Waals surface area contributed by atoms with E-state index < -0.39 is 6.09 Å². The lowest BCUT2D eigenvalue weighted by atomic mass is 9.89. The van der Waals surface area contributed by atoms with Crippen LogP contribution in [0.1, 0.15) is 19.3 Å². The molecule has 0 radical (unpaired) electrons. The Balaban J connectivity index is 2.01. The molecule has 0 aromatic heterocycles. The molecule has 0 aromatic rings. The number of ketones is 1. The van der Waals surface area contributed by atoms with Gasteiger partial charge in [0.05, 0.1) is 0 Å². The molecule has 1 aliphatic carbocycles. The molecule has 2 rings (SSSR count). The highest BCUT2D eigenvalue weighted by molar-refractivity contribution is 5.81. The van der Waals surface area contributed by atoms with Crippen LogP contribution >= 0.6 is 0 Å². The number of carboxylic acid groups (broad SMARTS) is 1. The van der Waals surface area contributed by atoms with Crippen molar-refractivity contribution in [3.05, 3.63) is 0 Å². The predicted octanol–water partition coefficient (Wildman–Crippen LogP) is 0.965. The first-order valence-electron chi connectivity index (χ1n) is 4.66. The van der Waals surface area contributed by atoms with E-state index in [-0.39, 0.29) is 0 Å². The maximum atomic E-state index is 11.1. The van der Waals surface area contributed by atoms with Gasteiger partial charge in [-0.3, -0.25) is 4.79 Å². The number of likely N-dealkylation sites (tertiary alicyclic amines) is 1. The molecule has 1 amide bonds. The van der Waals surface area contributed by atoms with Crippen LogP contribution in [0.15, 0.2) is 0 Å². The first-order valence-corrected chi connectivity index (χ1v) is 4.66. The van der Waals surface area contributed by atoms with Gasteiger partial charge in [0.1, 0.15) is 5.78 Å². The number of piperidine rings is 1. The number of fused-ring (bicyclic) bond motifs is 1. The third kappa shape index (κ3) is 1.53. The Hall–Kier alpha value is -1.06. The van der Waals surface area contributed by atoms with Crippen molar-refractivity contribution in [2.45, 2.75) is 19.3 Å². The molecule has 0 bridgehead atoms. The number of carbonyl (C=O) groups excluding carboxylic acids is 1. The standard InChI is InChI=1S/C9H13NO3/c11-8-3-6-1-2-10(9(12)13)5-7(6)4-8/h6-7H,1-5H2,(H,12,13)/t6-,7-/m0/s1. The lowest BCUT2D eigenvalue weighted by molar-refractivity contribution is -0.117. The zero-order valence-corrected chi connectivity index (χ0v) is 7.40. The second kappa shape index (κ2) is 3.01. The van der Waals surface area contributed by atoms with Gasteiger partial charge in [-0.15, -0.1) is 0 Å². The minimum Gasteiger partial charge on any atom is -0.465 e. The molecule has 0 unspecified atom stereocenters. The van der Waals surface area contributed by atoms with E-state index in [2.05, 4.69) is 0 Å². The van der Waals surface area contributed by atoms with E-state index in [9.17, 15) is 9.59 Å². The van der Waals surface area contributed by atoms with E-state index in [0.717, 1.165) is 6.42 Å². The van der Waals surface area contributed by atoms with Gasteiger partial charge >= 0.3 is 6.09 Å². The summed E-state index contributed by atoms with van der Waals surface area (Å²) in [4.78, 5) is 23.2. The maximum absolute atomic E-state index is 11.1. The summed E-state index contributed by atoms with van der Waals surface area (Å²) in [5, 5.41) is 8.77. The minimum absolute atomic E-state index is 0.303. The van der Waals surface area contributed by atoms with Crippen molar-refractivity contribution in [2.24, 2.45) is 11.8 Å². The van der Waals surface area contributed by atoms with Crippen molar-refractivity contribution in [1.82, 2.24) is 4.90 Å². The van der Waals surface area contributed by atoms with Gasteiger partial charge in [-0.1, -0.05) is 0 Å². The molecular weight excluding hydrogens is 170 g/mol. The average molecular weight is 183 g/mol. The Morgan fingerprint density at radius 2 is 2.08 bits per heavy atom. The maximum Gasteiger partial charge on any atom is 0.407 e. The van der Waals surface area contributed by atoms with Crippen molar-refractivity contribution >= 4 is 11.9 Å². The molecule has 4 nitrogen and oxygen atoms in total. The molecule has 2 fully saturated rings.